The van der Waals surface area contributed by atoms with Crippen LogP contribution >= 0.6 is 0 Å². The fraction of sp³-hybridized carbons (Fsp3) is 0.656. The number of fused-ring (bicyclic) bond motifs is 8. The molecule has 2 aliphatic heterocycles. The monoisotopic (exact) mass is 593 g/mol. The van der Waals surface area contributed by atoms with Crippen molar-refractivity contribution in [2.75, 3.05) is 6.61 Å². The average molecular weight is 594 g/mol. The van der Waals surface area contributed by atoms with Crippen LogP contribution in [0.5, 0.6) is 0 Å². The van der Waals surface area contributed by atoms with Crippen LogP contribution in [-0.2, 0) is 33.3 Å². The van der Waals surface area contributed by atoms with Crippen LogP contribution in [0.1, 0.15) is 78.1 Å². The van der Waals surface area contributed by atoms with E-state index in [4.69, 9.17) is 29.2 Å². The van der Waals surface area contributed by atoms with E-state index in [9.17, 15) is 14.4 Å². The van der Waals surface area contributed by atoms with Crippen LogP contribution in [0.2, 0.25) is 0 Å². The standard InChI is InChI=1S/C32H39N3O8/c1-16-21(37)14-20-24(40-28(38)18-9-8-10-19(13-18)34-35-33)26-31(7,12-11-22-32(26,15-39-22)41-17(2)36)27-25(23(16)29(20,3)4)42-30(5,6)43-27/h8-10,13,20,22,24-27H,11-12,14-15H2,1-7H3/t20-,22+,24+,25+,26-,27-,31+,32-/m0/s1. The van der Waals surface area contributed by atoms with Crippen LogP contribution in [0.25, 0.3) is 10.4 Å². The third-order valence-corrected chi connectivity index (χ3v) is 10.7. The number of rotatable bonds is 4. The molecule has 11 heteroatoms. The molecule has 2 saturated heterocycles. The number of carbonyl (C=O) groups is 3. The first-order chi connectivity index (χ1) is 20.1. The molecule has 3 aliphatic carbocycles. The summed E-state index contributed by atoms with van der Waals surface area (Å²) in [6.07, 6.45) is -0.888. The Labute approximate surface area is 250 Å². The van der Waals surface area contributed by atoms with Crippen LogP contribution in [0.4, 0.5) is 5.69 Å². The van der Waals surface area contributed by atoms with Crippen LogP contribution in [0, 0.1) is 22.7 Å². The normalized spacial score (nSPS) is 38.6. The zero-order valence-corrected chi connectivity index (χ0v) is 25.7. The second-order valence-corrected chi connectivity index (χ2v) is 14.0. The second-order valence-electron chi connectivity index (χ2n) is 14.0. The number of hydrogen-bond acceptors (Lipinski definition) is 9. The van der Waals surface area contributed by atoms with Crippen molar-refractivity contribution in [1.29, 1.82) is 0 Å². The lowest BCUT2D eigenvalue weighted by atomic mass is 9.46. The molecule has 1 aromatic carbocycles. The van der Waals surface area contributed by atoms with Crippen molar-refractivity contribution in [3.05, 3.63) is 51.4 Å². The van der Waals surface area contributed by atoms with Gasteiger partial charge in [-0.15, -0.1) is 0 Å². The van der Waals surface area contributed by atoms with Crippen molar-refractivity contribution in [2.45, 2.75) is 104 Å². The van der Waals surface area contributed by atoms with Gasteiger partial charge in [0.2, 0.25) is 0 Å². The zero-order valence-electron chi connectivity index (χ0n) is 25.7. The lowest BCUT2D eigenvalue weighted by molar-refractivity contribution is -0.334. The highest BCUT2D eigenvalue weighted by Crippen LogP contribution is 2.65. The average Bonchev–Trinajstić information content (AvgIpc) is 3.23. The Morgan fingerprint density at radius 2 is 1.88 bits per heavy atom. The third-order valence-electron chi connectivity index (χ3n) is 10.7. The zero-order chi connectivity index (χ0) is 31.1. The molecule has 4 fully saturated rings. The van der Waals surface area contributed by atoms with E-state index < -0.39 is 70.4 Å². The fourth-order valence-corrected chi connectivity index (χ4v) is 8.86. The Bertz CT molecular complexity index is 1480. The molecule has 1 aromatic rings. The van der Waals surface area contributed by atoms with E-state index in [1.54, 1.807) is 18.2 Å². The highest BCUT2D eigenvalue weighted by Gasteiger charge is 2.74. The number of allylic oxidation sites excluding steroid dienone is 1. The molecule has 0 unspecified atom stereocenters. The Hall–Kier alpha value is -3.24. The molecule has 0 N–H and O–H groups in total. The molecule has 0 spiro atoms. The summed E-state index contributed by atoms with van der Waals surface area (Å²) in [5.41, 5.74) is 8.48. The molecule has 11 nitrogen and oxygen atoms in total. The lowest BCUT2D eigenvalue weighted by Gasteiger charge is -2.66. The smallest absolute Gasteiger partial charge is 0.338 e. The quantitative estimate of drug-likeness (QED) is 0.186. The van der Waals surface area contributed by atoms with Gasteiger partial charge < -0.3 is 23.7 Å². The first kappa shape index (κ1) is 29.8. The topological polar surface area (TPSA) is 146 Å². The molecule has 230 valence electrons. The largest absolute Gasteiger partial charge is 0.458 e. The summed E-state index contributed by atoms with van der Waals surface area (Å²) in [5.74, 6) is -3.11. The number of nitrogens with zero attached hydrogens (tertiary/aromatic N) is 3. The first-order valence-electron chi connectivity index (χ1n) is 14.9. The maximum Gasteiger partial charge on any atom is 0.338 e. The minimum Gasteiger partial charge on any atom is -0.458 e. The summed E-state index contributed by atoms with van der Waals surface area (Å²) >= 11 is 0. The van der Waals surface area contributed by atoms with Crippen LogP contribution in [-0.4, -0.2) is 60.1 Å². The SMILES string of the molecule is CC(=O)O[C@@]12CO[C@@H]1CC[C@@]1(C)[C@H]3OC(C)(C)O[C@@H]3C3=C(C)C(=O)C[C@@H]([C@@H](OC(=O)c4cccc(N=[N+]=[N-])c4)[C@@H]12)C3(C)C. The number of ether oxygens (including phenoxy) is 5. The minimum atomic E-state index is -1.09. The van der Waals surface area contributed by atoms with Gasteiger partial charge in [0, 0.05) is 41.2 Å². The molecule has 2 saturated carbocycles. The van der Waals surface area contributed by atoms with Gasteiger partial charge in [0.15, 0.2) is 17.2 Å². The number of azide groups is 1. The summed E-state index contributed by atoms with van der Waals surface area (Å²) < 4.78 is 32.2. The first-order valence-corrected chi connectivity index (χ1v) is 14.9. The summed E-state index contributed by atoms with van der Waals surface area (Å²) in [6.45, 7) is 13.3. The van der Waals surface area contributed by atoms with Crippen molar-refractivity contribution in [2.24, 2.45) is 27.8 Å². The number of esters is 2. The summed E-state index contributed by atoms with van der Waals surface area (Å²) in [7, 11) is 0. The molecule has 5 aliphatic rings. The van der Waals surface area contributed by atoms with Gasteiger partial charge in [0.05, 0.1) is 18.3 Å². The lowest BCUT2D eigenvalue weighted by Crippen LogP contribution is -2.76. The molecular formula is C32H39N3O8. The van der Waals surface area contributed by atoms with Crippen molar-refractivity contribution >= 4 is 23.4 Å². The van der Waals surface area contributed by atoms with Crippen molar-refractivity contribution in [3.63, 3.8) is 0 Å². The molecule has 6 rings (SSSR count). The summed E-state index contributed by atoms with van der Waals surface area (Å²) in [5, 5.41) is 3.63. The Kier molecular flexibility index (Phi) is 6.86. The second kappa shape index (κ2) is 9.89. The maximum absolute atomic E-state index is 14.0. The van der Waals surface area contributed by atoms with Gasteiger partial charge in [-0.1, -0.05) is 38.0 Å². The van der Waals surface area contributed by atoms with E-state index in [0.717, 1.165) is 5.57 Å². The van der Waals surface area contributed by atoms with E-state index in [2.05, 4.69) is 30.8 Å². The van der Waals surface area contributed by atoms with Gasteiger partial charge in [-0.2, -0.15) is 0 Å². The number of benzene rings is 1. The van der Waals surface area contributed by atoms with Gasteiger partial charge in [0.1, 0.15) is 18.3 Å². The van der Waals surface area contributed by atoms with Crippen LogP contribution < -0.4 is 0 Å². The minimum absolute atomic E-state index is 0.0415. The number of hydrogen-bond donors (Lipinski definition) is 0. The highest BCUT2D eigenvalue weighted by molar-refractivity contribution is 5.97. The van der Waals surface area contributed by atoms with Gasteiger partial charge >= 0.3 is 11.9 Å². The fourth-order valence-electron chi connectivity index (χ4n) is 8.86. The van der Waals surface area contributed by atoms with E-state index in [-0.39, 0.29) is 30.1 Å². The van der Waals surface area contributed by atoms with Crippen molar-refractivity contribution in [3.8, 4) is 0 Å². The van der Waals surface area contributed by atoms with Gasteiger partial charge in [-0.3, -0.25) is 9.59 Å². The van der Waals surface area contributed by atoms with E-state index >= 15 is 0 Å². The van der Waals surface area contributed by atoms with Gasteiger partial charge in [-0.25, -0.2) is 4.79 Å². The predicted octanol–water partition coefficient (Wildman–Crippen LogP) is 5.74. The number of Topliss-reactive ketones (excluding diaryl/α,β-unsaturated/α-hetero) is 1. The molecule has 43 heavy (non-hydrogen) atoms. The van der Waals surface area contributed by atoms with Crippen molar-refractivity contribution in [1.82, 2.24) is 0 Å². The summed E-state index contributed by atoms with van der Waals surface area (Å²) in [4.78, 5) is 43.2. The van der Waals surface area contributed by atoms with Crippen LogP contribution in [0.15, 0.2) is 40.5 Å². The Balaban J connectivity index is 1.58. The maximum atomic E-state index is 14.0. The number of ketones is 1. The van der Waals surface area contributed by atoms with Gasteiger partial charge in [0.25, 0.3) is 0 Å². The van der Waals surface area contributed by atoms with Crippen molar-refractivity contribution < 1.29 is 38.1 Å². The van der Waals surface area contributed by atoms with Crippen LogP contribution in [0.3, 0.4) is 0 Å². The highest BCUT2D eigenvalue weighted by atomic mass is 16.8. The van der Waals surface area contributed by atoms with E-state index in [1.807, 2.05) is 20.8 Å². The summed E-state index contributed by atoms with van der Waals surface area (Å²) in [6, 6.07) is 6.28. The molecule has 0 radical (unpaired) electrons. The molecule has 2 bridgehead atoms. The number of carbonyl (C=O) groups excluding carboxylic acids is 3. The Morgan fingerprint density at radius 1 is 1.14 bits per heavy atom. The molecule has 8 atom stereocenters. The van der Waals surface area contributed by atoms with E-state index in [1.165, 1.54) is 13.0 Å². The Morgan fingerprint density at radius 3 is 2.53 bits per heavy atom. The third kappa shape index (κ3) is 4.43. The van der Waals surface area contributed by atoms with Gasteiger partial charge in [-0.05, 0) is 67.8 Å². The molecular weight excluding hydrogens is 554 g/mol. The molecule has 2 heterocycles. The predicted molar refractivity (Wildman–Crippen MR) is 153 cm³/mol. The molecule has 0 aromatic heterocycles. The molecule has 0 amide bonds. The van der Waals surface area contributed by atoms with E-state index in [0.29, 0.717) is 18.4 Å².